The van der Waals surface area contributed by atoms with E-state index in [0.717, 1.165) is 6.04 Å². The monoisotopic (exact) mass is 224 g/mol. The van der Waals surface area contributed by atoms with Gasteiger partial charge < -0.3 is 5.32 Å². The average Bonchev–Trinajstić information content (AvgIpc) is 2.32. The van der Waals surface area contributed by atoms with Gasteiger partial charge in [0.1, 0.15) is 0 Å². The Morgan fingerprint density at radius 1 is 1.19 bits per heavy atom. The highest BCUT2D eigenvalue weighted by molar-refractivity contribution is 4.92. The van der Waals surface area contributed by atoms with Gasteiger partial charge >= 0.3 is 0 Å². The Morgan fingerprint density at radius 2 is 1.94 bits per heavy atom. The molecule has 16 heavy (non-hydrogen) atoms. The molecule has 1 N–H and O–H groups in total. The molecule has 2 aliphatic heterocycles. The van der Waals surface area contributed by atoms with Crippen LogP contribution in [-0.4, -0.2) is 37.1 Å². The molecule has 1 unspecified atom stereocenters. The minimum absolute atomic E-state index is 0.624. The fourth-order valence-electron chi connectivity index (χ4n) is 3.74. The van der Waals surface area contributed by atoms with Crippen LogP contribution < -0.4 is 5.32 Å². The maximum absolute atomic E-state index is 3.61. The summed E-state index contributed by atoms with van der Waals surface area (Å²) >= 11 is 0. The van der Waals surface area contributed by atoms with Crippen LogP contribution in [0.4, 0.5) is 0 Å². The van der Waals surface area contributed by atoms with E-state index >= 15 is 0 Å². The molecule has 2 rings (SSSR count). The van der Waals surface area contributed by atoms with E-state index in [4.69, 9.17) is 0 Å². The van der Waals surface area contributed by atoms with E-state index in [1.165, 1.54) is 64.7 Å². The molecule has 2 nitrogen and oxygen atoms in total. The molecular formula is C14H28N2. The fourth-order valence-corrected chi connectivity index (χ4v) is 3.74. The van der Waals surface area contributed by atoms with Crippen molar-refractivity contribution in [3.8, 4) is 0 Å². The standard InChI is InChI=1S/C14H28N2/c1-3-13(4-2)16-10-6-8-14(12-16)7-5-9-15-11-14/h13,15H,3-12H2,1-2H3. The van der Waals surface area contributed by atoms with Crippen LogP contribution in [0.1, 0.15) is 52.4 Å². The second kappa shape index (κ2) is 5.50. The second-order valence-corrected chi connectivity index (χ2v) is 5.82. The third kappa shape index (κ3) is 2.60. The van der Waals surface area contributed by atoms with E-state index in [1.807, 2.05) is 0 Å². The Morgan fingerprint density at radius 3 is 2.56 bits per heavy atom. The van der Waals surface area contributed by atoms with E-state index < -0.39 is 0 Å². The molecule has 1 atom stereocenters. The van der Waals surface area contributed by atoms with E-state index in [2.05, 4.69) is 24.1 Å². The first-order chi connectivity index (χ1) is 7.79. The summed E-state index contributed by atoms with van der Waals surface area (Å²) in [6, 6.07) is 0.833. The summed E-state index contributed by atoms with van der Waals surface area (Å²) in [5.74, 6) is 0. The van der Waals surface area contributed by atoms with Crippen LogP contribution in [0, 0.1) is 5.41 Å². The quantitative estimate of drug-likeness (QED) is 0.793. The molecule has 0 bridgehead atoms. The molecule has 2 saturated heterocycles. The van der Waals surface area contributed by atoms with Crippen molar-refractivity contribution in [2.24, 2.45) is 5.41 Å². The molecule has 0 aromatic rings. The first-order valence-electron chi connectivity index (χ1n) is 7.24. The summed E-state index contributed by atoms with van der Waals surface area (Å²) in [5, 5.41) is 3.61. The SMILES string of the molecule is CCC(CC)N1CCCC2(CCCNC2)C1. The summed E-state index contributed by atoms with van der Waals surface area (Å²) in [5.41, 5.74) is 0.624. The Balaban J connectivity index is 1.97. The maximum Gasteiger partial charge on any atom is 0.00902 e. The molecule has 2 fully saturated rings. The molecule has 2 heteroatoms. The molecule has 0 amide bonds. The Hall–Kier alpha value is -0.0800. The highest BCUT2D eigenvalue weighted by Crippen LogP contribution is 2.37. The molecule has 0 radical (unpaired) electrons. The van der Waals surface area contributed by atoms with Crippen LogP contribution in [0.2, 0.25) is 0 Å². The van der Waals surface area contributed by atoms with Crippen molar-refractivity contribution in [2.75, 3.05) is 26.2 Å². The van der Waals surface area contributed by atoms with E-state index in [9.17, 15) is 0 Å². The Bertz CT molecular complexity index is 199. The van der Waals surface area contributed by atoms with Gasteiger partial charge in [-0.3, -0.25) is 4.90 Å². The highest BCUT2D eigenvalue weighted by Gasteiger charge is 2.37. The lowest BCUT2D eigenvalue weighted by Crippen LogP contribution is -2.53. The zero-order valence-electron chi connectivity index (χ0n) is 11.1. The van der Waals surface area contributed by atoms with Gasteiger partial charge in [-0.05, 0) is 57.0 Å². The maximum atomic E-state index is 3.61. The van der Waals surface area contributed by atoms with Gasteiger partial charge in [0.15, 0.2) is 0 Å². The van der Waals surface area contributed by atoms with Crippen molar-refractivity contribution >= 4 is 0 Å². The fraction of sp³-hybridized carbons (Fsp3) is 1.00. The van der Waals surface area contributed by atoms with Crippen molar-refractivity contribution in [1.29, 1.82) is 0 Å². The second-order valence-electron chi connectivity index (χ2n) is 5.82. The lowest BCUT2D eigenvalue weighted by molar-refractivity contribution is 0.0350. The van der Waals surface area contributed by atoms with Crippen LogP contribution in [0.15, 0.2) is 0 Å². The minimum atomic E-state index is 0.624. The zero-order chi connectivity index (χ0) is 11.4. The third-order valence-electron chi connectivity index (χ3n) is 4.71. The van der Waals surface area contributed by atoms with Gasteiger partial charge in [0, 0.05) is 19.1 Å². The molecule has 2 heterocycles. The summed E-state index contributed by atoms with van der Waals surface area (Å²) in [6.45, 7) is 9.89. The number of nitrogens with zero attached hydrogens (tertiary/aromatic N) is 1. The minimum Gasteiger partial charge on any atom is -0.316 e. The predicted octanol–water partition coefficient (Wildman–Crippen LogP) is 2.64. The van der Waals surface area contributed by atoms with Crippen molar-refractivity contribution in [3.63, 3.8) is 0 Å². The van der Waals surface area contributed by atoms with Gasteiger partial charge in [0.05, 0.1) is 0 Å². The number of likely N-dealkylation sites (tertiary alicyclic amines) is 1. The predicted molar refractivity (Wildman–Crippen MR) is 69.7 cm³/mol. The summed E-state index contributed by atoms with van der Waals surface area (Å²) < 4.78 is 0. The molecular weight excluding hydrogens is 196 g/mol. The topological polar surface area (TPSA) is 15.3 Å². The number of hydrogen-bond acceptors (Lipinski definition) is 2. The number of hydrogen-bond donors (Lipinski definition) is 1. The van der Waals surface area contributed by atoms with Gasteiger partial charge in [-0.15, -0.1) is 0 Å². The lowest BCUT2D eigenvalue weighted by atomic mass is 9.74. The highest BCUT2D eigenvalue weighted by atomic mass is 15.2. The largest absolute Gasteiger partial charge is 0.316 e. The van der Waals surface area contributed by atoms with Crippen molar-refractivity contribution in [2.45, 2.75) is 58.4 Å². The van der Waals surface area contributed by atoms with E-state index in [1.54, 1.807) is 0 Å². The van der Waals surface area contributed by atoms with E-state index in [0.29, 0.717) is 5.41 Å². The number of piperidine rings is 2. The van der Waals surface area contributed by atoms with Gasteiger partial charge in [-0.1, -0.05) is 13.8 Å². The van der Waals surface area contributed by atoms with Crippen LogP contribution in [-0.2, 0) is 0 Å². The average molecular weight is 224 g/mol. The number of nitrogens with one attached hydrogen (secondary N) is 1. The molecule has 0 saturated carbocycles. The van der Waals surface area contributed by atoms with Crippen LogP contribution in [0.5, 0.6) is 0 Å². The molecule has 2 aliphatic rings. The van der Waals surface area contributed by atoms with Crippen LogP contribution in [0.25, 0.3) is 0 Å². The smallest absolute Gasteiger partial charge is 0.00902 e. The zero-order valence-corrected chi connectivity index (χ0v) is 11.1. The molecule has 94 valence electrons. The van der Waals surface area contributed by atoms with Crippen LogP contribution in [0.3, 0.4) is 0 Å². The van der Waals surface area contributed by atoms with Crippen LogP contribution >= 0.6 is 0 Å². The van der Waals surface area contributed by atoms with Crippen molar-refractivity contribution in [1.82, 2.24) is 10.2 Å². The van der Waals surface area contributed by atoms with Crippen molar-refractivity contribution in [3.05, 3.63) is 0 Å². The molecule has 1 spiro atoms. The Labute approximate surface area is 101 Å². The van der Waals surface area contributed by atoms with Gasteiger partial charge in [-0.2, -0.15) is 0 Å². The summed E-state index contributed by atoms with van der Waals surface area (Å²) in [6.07, 6.45) is 8.35. The first kappa shape index (κ1) is 12.4. The Kier molecular flexibility index (Phi) is 4.26. The van der Waals surface area contributed by atoms with E-state index in [-0.39, 0.29) is 0 Å². The lowest BCUT2D eigenvalue weighted by Gasteiger charge is -2.47. The van der Waals surface area contributed by atoms with Gasteiger partial charge in [0.25, 0.3) is 0 Å². The third-order valence-corrected chi connectivity index (χ3v) is 4.71. The normalized spacial score (nSPS) is 32.4. The molecule has 0 aromatic carbocycles. The summed E-state index contributed by atoms with van der Waals surface area (Å²) in [4.78, 5) is 2.77. The van der Waals surface area contributed by atoms with Gasteiger partial charge in [0.2, 0.25) is 0 Å². The van der Waals surface area contributed by atoms with Gasteiger partial charge in [-0.25, -0.2) is 0 Å². The van der Waals surface area contributed by atoms with Crippen molar-refractivity contribution < 1.29 is 0 Å². The molecule has 0 aliphatic carbocycles. The number of rotatable bonds is 3. The molecule has 0 aromatic heterocycles. The summed E-state index contributed by atoms with van der Waals surface area (Å²) in [7, 11) is 0. The first-order valence-corrected chi connectivity index (χ1v) is 7.24.